The predicted molar refractivity (Wildman–Crippen MR) is 114 cm³/mol. The molecule has 0 fully saturated rings. The number of hydrogen-bond donors (Lipinski definition) is 1. The van der Waals surface area contributed by atoms with Gasteiger partial charge in [-0.25, -0.2) is 8.42 Å². The number of rotatable bonds is 8. The highest BCUT2D eigenvalue weighted by molar-refractivity contribution is 7.89. The lowest BCUT2D eigenvalue weighted by Crippen LogP contribution is -2.42. The van der Waals surface area contributed by atoms with Crippen molar-refractivity contribution in [3.8, 4) is 5.75 Å². The first-order chi connectivity index (χ1) is 13.5. The number of carbonyl (C=O) groups is 1. The molecular weight excluding hydrogens is 388 g/mol. The maximum Gasteiger partial charge on any atom is 0.243 e. The second-order valence-corrected chi connectivity index (χ2v) is 10.2. The van der Waals surface area contributed by atoms with Crippen LogP contribution in [0.1, 0.15) is 31.9 Å². The summed E-state index contributed by atoms with van der Waals surface area (Å²) in [6.45, 7) is 8.13. The fourth-order valence-electron chi connectivity index (χ4n) is 2.75. The molecule has 0 aliphatic rings. The van der Waals surface area contributed by atoms with Crippen LogP contribution in [0.2, 0.25) is 0 Å². The molecule has 0 heterocycles. The molecule has 0 spiro atoms. The second kappa shape index (κ2) is 9.41. The maximum absolute atomic E-state index is 13.3. The van der Waals surface area contributed by atoms with Gasteiger partial charge in [0, 0.05) is 13.1 Å². The van der Waals surface area contributed by atoms with Crippen LogP contribution in [0.3, 0.4) is 0 Å². The van der Waals surface area contributed by atoms with E-state index in [2.05, 4.69) is 5.32 Å². The average Bonchev–Trinajstić information content (AvgIpc) is 2.66. The molecule has 0 atom stereocenters. The fourth-order valence-corrected chi connectivity index (χ4v) is 4.22. The van der Waals surface area contributed by atoms with Gasteiger partial charge in [0.2, 0.25) is 15.9 Å². The van der Waals surface area contributed by atoms with Crippen LogP contribution in [0.5, 0.6) is 5.75 Å². The fraction of sp³-hybridized carbons (Fsp3) is 0.409. The van der Waals surface area contributed by atoms with Gasteiger partial charge in [-0.1, -0.05) is 51.1 Å². The molecule has 2 rings (SSSR count). The van der Waals surface area contributed by atoms with Crippen molar-refractivity contribution in [3.63, 3.8) is 0 Å². The van der Waals surface area contributed by atoms with Crippen LogP contribution in [0.4, 0.5) is 0 Å². The molecule has 158 valence electrons. The van der Waals surface area contributed by atoms with Gasteiger partial charge in [0.1, 0.15) is 5.75 Å². The zero-order valence-corrected chi connectivity index (χ0v) is 18.5. The Morgan fingerprint density at radius 3 is 2.31 bits per heavy atom. The molecular formula is C22H30N2O4S. The lowest BCUT2D eigenvalue weighted by molar-refractivity contribution is -0.121. The molecule has 2 aromatic rings. The van der Waals surface area contributed by atoms with Crippen LogP contribution in [-0.4, -0.2) is 38.8 Å². The van der Waals surface area contributed by atoms with Crippen LogP contribution in [-0.2, 0) is 21.4 Å². The number of benzene rings is 2. The molecule has 2 aromatic carbocycles. The van der Waals surface area contributed by atoms with Crippen molar-refractivity contribution in [1.29, 1.82) is 0 Å². The number of sulfonamides is 1. The van der Waals surface area contributed by atoms with E-state index in [1.54, 1.807) is 19.1 Å². The summed E-state index contributed by atoms with van der Waals surface area (Å²) in [6.07, 6.45) is 0. The summed E-state index contributed by atoms with van der Waals surface area (Å²) in [5, 5.41) is 2.83. The van der Waals surface area contributed by atoms with E-state index in [1.165, 1.54) is 17.5 Å². The first-order valence-corrected chi connectivity index (χ1v) is 10.9. The van der Waals surface area contributed by atoms with Gasteiger partial charge in [-0.15, -0.1) is 0 Å². The van der Waals surface area contributed by atoms with Crippen molar-refractivity contribution in [3.05, 3.63) is 59.7 Å². The third kappa shape index (κ3) is 6.58. The van der Waals surface area contributed by atoms with E-state index in [0.29, 0.717) is 17.9 Å². The number of carbonyl (C=O) groups excluding carboxylic acids is 1. The molecule has 1 N–H and O–H groups in total. The number of nitrogens with zero attached hydrogens (tertiary/aromatic N) is 1. The SMILES string of the molecule is COc1ccc(S(=O)(=O)N(CC(=O)NCC(C)(C)C)Cc2ccccc2)cc1C. The second-order valence-electron chi connectivity index (χ2n) is 8.23. The summed E-state index contributed by atoms with van der Waals surface area (Å²) in [7, 11) is -2.34. The highest BCUT2D eigenvalue weighted by Crippen LogP contribution is 2.24. The van der Waals surface area contributed by atoms with Crippen molar-refractivity contribution in [2.24, 2.45) is 5.41 Å². The van der Waals surface area contributed by atoms with Crippen molar-refractivity contribution < 1.29 is 17.9 Å². The summed E-state index contributed by atoms with van der Waals surface area (Å²) in [5.74, 6) is 0.283. The molecule has 0 bridgehead atoms. The molecule has 0 saturated carbocycles. The number of ether oxygens (including phenoxy) is 1. The van der Waals surface area contributed by atoms with E-state index in [4.69, 9.17) is 4.74 Å². The molecule has 0 saturated heterocycles. The van der Waals surface area contributed by atoms with E-state index >= 15 is 0 Å². The largest absolute Gasteiger partial charge is 0.496 e. The van der Waals surface area contributed by atoms with Crippen LogP contribution in [0, 0.1) is 12.3 Å². The topological polar surface area (TPSA) is 75.7 Å². The Balaban J connectivity index is 2.32. The zero-order valence-electron chi connectivity index (χ0n) is 17.7. The summed E-state index contributed by atoms with van der Waals surface area (Å²) >= 11 is 0. The smallest absolute Gasteiger partial charge is 0.243 e. The van der Waals surface area contributed by atoms with Gasteiger partial charge in [-0.05, 0) is 41.7 Å². The highest BCUT2D eigenvalue weighted by atomic mass is 32.2. The van der Waals surface area contributed by atoms with Crippen molar-refractivity contribution >= 4 is 15.9 Å². The van der Waals surface area contributed by atoms with E-state index in [1.807, 2.05) is 51.1 Å². The van der Waals surface area contributed by atoms with E-state index in [9.17, 15) is 13.2 Å². The van der Waals surface area contributed by atoms with Gasteiger partial charge >= 0.3 is 0 Å². The first kappa shape index (κ1) is 22.9. The summed E-state index contributed by atoms with van der Waals surface area (Å²) in [4.78, 5) is 12.6. The third-order valence-electron chi connectivity index (χ3n) is 4.34. The van der Waals surface area contributed by atoms with Crippen molar-refractivity contribution in [2.75, 3.05) is 20.2 Å². The minimum Gasteiger partial charge on any atom is -0.496 e. The molecule has 6 nitrogen and oxygen atoms in total. The lowest BCUT2D eigenvalue weighted by atomic mass is 9.97. The summed E-state index contributed by atoms with van der Waals surface area (Å²) in [6, 6.07) is 13.9. The normalized spacial score (nSPS) is 12.1. The Labute approximate surface area is 173 Å². The number of aryl methyl sites for hydroxylation is 1. The Morgan fingerprint density at radius 2 is 1.76 bits per heavy atom. The third-order valence-corrected chi connectivity index (χ3v) is 6.13. The Bertz CT molecular complexity index is 935. The predicted octanol–water partition coefficient (Wildman–Crippen LogP) is 3.36. The lowest BCUT2D eigenvalue weighted by Gasteiger charge is -2.24. The van der Waals surface area contributed by atoms with Crippen molar-refractivity contribution in [1.82, 2.24) is 9.62 Å². The van der Waals surface area contributed by atoms with E-state index in [0.717, 1.165) is 5.56 Å². The van der Waals surface area contributed by atoms with Crippen LogP contribution < -0.4 is 10.1 Å². The molecule has 1 amide bonds. The molecule has 0 radical (unpaired) electrons. The Hall–Kier alpha value is -2.38. The van der Waals surface area contributed by atoms with E-state index in [-0.39, 0.29) is 29.3 Å². The Morgan fingerprint density at radius 1 is 1.10 bits per heavy atom. The van der Waals surface area contributed by atoms with Gasteiger partial charge in [0.05, 0.1) is 18.6 Å². The molecule has 0 aliphatic heterocycles. The molecule has 0 aliphatic carbocycles. The van der Waals surface area contributed by atoms with Gasteiger partial charge < -0.3 is 10.1 Å². The van der Waals surface area contributed by atoms with Crippen LogP contribution >= 0.6 is 0 Å². The minimum absolute atomic E-state index is 0.0914. The monoisotopic (exact) mass is 418 g/mol. The van der Waals surface area contributed by atoms with Gasteiger partial charge in [0.25, 0.3) is 0 Å². The molecule has 0 unspecified atom stereocenters. The minimum atomic E-state index is -3.88. The quantitative estimate of drug-likeness (QED) is 0.713. The van der Waals surface area contributed by atoms with Gasteiger partial charge in [-0.3, -0.25) is 4.79 Å². The number of amides is 1. The first-order valence-electron chi connectivity index (χ1n) is 9.48. The molecule has 0 aromatic heterocycles. The van der Waals surface area contributed by atoms with Gasteiger partial charge in [-0.2, -0.15) is 4.31 Å². The Kier molecular flexibility index (Phi) is 7.43. The molecule has 7 heteroatoms. The van der Waals surface area contributed by atoms with Crippen LogP contribution in [0.25, 0.3) is 0 Å². The standard InChI is InChI=1S/C22H30N2O4S/c1-17-13-19(11-12-20(17)28-5)29(26,27)24(14-18-9-7-6-8-10-18)15-21(25)23-16-22(2,3)4/h6-13H,14-16H2,1-5H3,(H,23,25). The van der Waals surface area contributed by atoms with Crippen LogP contribution in [0.15, 0.2) is 53.4 Å². The summed E-state index contributed by atoms with van der Waals surface area (Å²) < 4.78 is 33.1. The number of hydrogen-bond acceptors (Lipinski definition) is 4. The van der Waals surface area contributed by atoms with Gasteiger partial charge in [0.15, 0.2) is 0 Å². The van der Waals surface area contributed by atoms with E-state index < -0.39 is 10.0 Å². The maximum atomic E-state index is 13.3. The molecule has 29 heavy (non-hydrogen) atoms. The average molecular weight is 419 g/mol. The van der Waals surface area contributed by atoms with Crippen molar-refractivity contribution in [2.45, 2.75) is 39.1 Å². The number of nitrogens with one attached hydrogen (secondary N) is 1. The highest BCUT2D eigenvalue weighted by Gasteiger charge is 2.28. The zero-order chi connectivity index (χ0) is 21.7. The summed E-state index contributed by atoms with van der Waals surface area (Å²) in [5.41, 5.74) is 1.43. The number of methoxy groups -OCH3 is 1.